The third-order valence-electron chi connectivity index (χ3n) is 4.98. The van der Waals surface area contributed by atoms with Gasteiger partial charge >= 0.3 is 11.4 Å². The second-order valence-corrected chi connectivity index (χ2v) is 6.24. The highest BCUT2D eigenvalue weighted by Gasteiger charge is 2.46. The van der Waals surface area contributed by atoms with Crippen molar-refractivity contribution in [1.82, 2.24) is 13.9 Å². The maximum Gasteiger partial charge on any atom is 0.352 e. The number of nitrogens with zero attached hydrogens (tertiary/aromatic N) is 3. The Kier molecular flexibility index (Phi) is 2.19. The van der Waals surface area contributed by atoms with Gasteiger partial charge in [0.05, 0.1) is 17.8 Å². The molecule has 1 aliphatic carbocycles. The van der Waals surface area contributed by atoms with Crippen LogP contribution in [-0.2, 0) is 0 Å². The first-order valence-corrected chi connectivity index (χ1v) is 7.64. The Hall–Kier alpha value is -2.56. The predicted octanol–water partition coefficient (Wildman–Crippen LogP) is 1.66. The Balaban J connectivity index is 1.83. The van der Waals surface area contributed by atoms with E-state index >= 15 is 0 Å². The van der Waals surface area contributed by atoms with E-state index in [0.29, 0.717) is 17.5 Å². The number of fused-ring (bicyclic) bond motifs is 2. The lowest BCUT2D eigenvalue weighted by molar-refractivity contribution is 0.339. The van der Waals surface area contributed by atoms with Crippen molar-refractivity contribution < 1.29 is 0 Å². The molecule has 0 N–H and O–H groups in total. The van der Waals surface area contributed by atoms with Crippen LogP contribution in [-0.4, -0.2) is 13.9 Å². The molecule has 4 atom stereocenters. The molecular weight excluding hydrogens is 278 g/mol. The van der Waals surface area contributed by atoms with E-state index in [-0.39, 0.29) is 23.5 Å². The lowest BCUT2D eigenvalue weighted by Gasteiger charge is -2.27. The summed E-state index contributed by atoms with van der Waals surface area (Å²) < 4.78 is 4.54. The smallest absolute Gasteiger partial charge is 0.245 e. The van der Waals surface area contributed by atoms with E-state index in [2.05, 4.69) is 12.2 Å². The minimum absolute atomic E-state index is 0.00337. The Morgan fingerprint density at radius 1 is 0.864 bits per heavy atom. The highest BCUT2D eigenvalue weighted by molar-refractivity contribution is 5.31. The van der Waals surface area contributed by atoms with Crippen LogP contribution in [0.4, 0.5) is 0 Å². The molecule has 2 bridgehead atoms. The molecule has 0 spiro atoms. The van der Waals surface area contributed by atoms with Gasteiger partial charge in [-0.25, -0.2) is 23.5 Å². The molecule has 4 unspecified atom stereocenters. The molecule has 3 heterocycles. The van der Waals surface area contributed by atoms with Crippen LogP contribution in [0.5, 0.6) is 0 Å². The molecule has 0 amide bonds. The van der Waals surface area contributed by atoms with Gasteiger partial charge in [-0.15, -0.1) is 0 Å². The molecule has 1 aromatic heterocycles. The molecule has 1 fully saturated rings. The summed E-state index contributed by atoms with van der Waals surface area (Å²) in [4.78, 5) is 25.7. The lowest BCUT2D eigenvalue weighted by atomic mass is 10.0. The summed E-state index contributed by atoms with van der Waals surface area (Å²) in [5.41, 5.74) is 0.121. The molecule has 2 aromatic rings. The van der Waals surface area contributed by atoms with Crippen molar-refractivity contribution in [3.63, 3.8) is 0 Å². The fraction of sp³-hybridized carbons (Fsp3) is 0.294. The van der Waals surface area contributed by atoms with Gasteiger partial charge in [-0.05, 0) is 30.4 Å². The van der Waals surface area contributed by atoms with Crippen molar-refractivity contribution in [1.29, 1.82) is 0 Å². The zero-order chi connectivity index (χ0) is 14.8. The van der Waals surface area contributed by atoms with Crippen molar-refractivity contribution in [3.05, 3.63) is 75.6 Å². The minimum atomic E-state index is -0.265. The van der Waals surface area contributed by atoms with Gasteiger partial charge in [-0.3, -0.25) is 0 Å². The maximum atomic E-state index is 12.9. The van der Waals surface area contributed by atoms with Gasteiger partial charge in [0.1, 0.15) is 0 Å². The molecular formula is C17H15N3O2. The van der Waals surface area contributed by atoms with Crippen LogP contribution < -0.4 is 11.4 Å². The van der Waals surface area contributed by atoms with E-state index in [9.17, 15) is 9.59 Å². The average Bonchev–Trinajstić information content (AvgIpc) is 3.22. The Bertz CT molecular complexity index is 929. The number of hydrogen-bond acceptors (Lipinski definition) is 2. The summed E-state index contributed by atoms with van der Waals surface area (Å²) in [6.45, 7) is 0. The molecule has 5 nitrogen and oxygen atoms in total. The standard InChI is InChI=1S/C17H15N3O2/c21-16-18(12-4-2-1-3-5-12)17(22)20-15-9-8-13(19(16)20)7-6-11-10-14(11)15/h1-9,11,13-15H,10H2. The van der Waals surface area contributed by atoms with Crippen molar-refractivity contribution in [3.8, 4) is 5.69 Å². The van der Waals surface area contributed by atoms with Crippen LogP contribution in [0.3, 0.4) is 0 Å². The predicted molar refractivity (Wildman–Crippen MR) is 82.2 cm³/mol. The van der Waals surface area contributed by atoms with Crippen molar-refractivity contribution in [2.75, 3.05) is 0 Å². The summed E-state index contributed by atoms with van der Waals surface area (Å²) in [5, 5.41) is 0. The van der Waals surface area contributed by atoms with Gasteiger partial charge in [0.25, 0.3) is 0 Å². The van der Waals surface area contributed by atoms with Crippen LogP contribution >= 0.6 is 0 Å². The maximum absolute atomic E-state index is 12.9. The summed E-state index contributed by atoms with van der Waals surface area (Å²) in [6, 6.07) is 8.97. The molecule has 5 rings (SSSR count). The summed E-state index contributed by atoms with van der Waals surface area (Å²) in [7, 11) is 0. The van der Waals surface area contributed by atoms with Gasteiger partial charge in [0.15, 0.2) is 0 Å². The van der Waals surface area contributed by atoms with Crippen LogP contribution in [0.2, 0.25) is 0 Å². The number of hydrogen-bond donors (Lipinski definition) is 0. The Morgan fingerprint density at radius 3 is 2.41 bits per heavy atom. The zero-order valence-electron chi connectivity index (χ0n) is 11.9. The summed E-state index contributed by atoms with van der Waals surface area (Å²) in [5.74, 6) is 0.983. The topological polar surface area (TPSA) is 48.9 Å². The highest BCUT2D eigenvalue weighted by atomic mass is 16.2. The second-order valence-electron chi connectivity index (χ2n) is 6.24. The number of allylic oxidation sites excluding steroid dienone is 4. The van der Waals surface area contributed by atoms with E-state index in [1.165, 1.54) is 4.57 Å². The first-order valence-electron chi connectivity index (χ1n) is 7.64. The van der Waals surface area contributed by atoms with Crippen LogP contribution in [0, 0.1) is 11.8 Å². The monoisotopic (exact) mass is 293 g/mol. The van der Waals surface area contributed by atoms with Crippen LogP contribution in [0.25, 0.3) is 5.69 Å². The minimum Gasteiger partial charge on any atom is -0.245 e. The van der Waals surface area contributed by atoms with Gasteiger partial charge in [-0.1, -0.05) is 42.5 Å². The molecule has 0 saturated heterocycles. The molecule has 0 radical (unpaired) electrons. The van der Waals surface area contributed by atoms with Gasteiger partial charge in [0.2, 0.25) is 0 Å². The van der Waals surface area contributed by atoms with Crippen molar-refractivity contribution in [2.24, 2.45) is 11.8 Å². The zero-order valence-corrected chi connectivity index (χ0v) is 11.9. The fourth-order valence-electron chi connectivity index (χ4n) is 3.78. The first-order chi connectivity index (χ1) is 10.8. The first kappa shape index (κ1) is 12.0. The highest BCUT2D eigenvalue weighted by Crippen LogP contribution is 2.50. The molecule has 110 valence electrons. The third-order valence-corrected chi connectivity index (χ3v) is 4.98. The van der Waals surface area contributed by atoms with Crippen LogP contribution in [0.15, 0.2) is 64.2 Å². The largest absolute Gasteiger partial charge is 0.352 e. The number of para-hydroxylation sites is 1. The Labute approximate surface area is 126 Å². The van der Waals surface area contributed by atoms with Crippen molar-refractivity contribution >= 4 is 0 Å². The molecule has 1 saturated carbocycles. The quantitative estimate of drug-likeness (QED) is 0.751. The average molecular weight is 293 g/mol. The van der Waals surface area contributed by atoms with E-state index in [1.807, 2.05) is 30.4 Å². The number of rotatable bonds is 1. The van der Waals surface area contributed by atoms with Crippen molar-refractivity contribution in [2.45, 2.75) is 18.5 Å². The molecule has 2 aliphatic heterocycles. The fourth-order valence-corrected chi connectivity index (χ4v) is 3.78. The van der Waals surface area contributed by atoms with E-state index in [1.54, 1.807) is 21.5 Å². The molecule has 22 heavy (non-hydrogen) atoms. The number of aromatic nitrogens is 3. The van der Waals surface area contributed by atoms with E-state index in [4.69, 9.17) is 0 Å². The van der Waals surface area contributed by atoms with Gasteiger partial charge in [0, 0.05) is 0 Å². The second kappa shape index (κ2) is 4.00. The van der Waals surface area contributed by atoms with Gasteiger partial charge in [-0.2, -0.15) is 0 Å². The molecule has 5 heteroatoms. The van der Waals surface area contributed by atoms with Crippen LogP contribution in [0.1, 0.15) is 18.5 Å². The third kappa shape index (κ3) is 1.43. The summed E-state index contributed by atoms with van der Waals surface area (Å²) >= 11 is 0. The normalized spacial score (nSPS) is 30.5. The SMILES string of the molecule is O=c1n(-c2ccccc2)c(=O)n2n1C1C=CC3CC3C2C=C1. The number of benzene rings is 1. The molecule has 3 aliphatic rings. The Morgan fingerprint density at radius 2 is 1.59 bits per heavy atom. The lowest BCUT2D eigenvalue weighted by Crippen LogP contribution is -2.36. The van der Waals surface area contributed by atoms with Gasteiger partial charge < -0.3 is 0 Å². The molecule has 1 aromatic carbocycles. The summed E-state index contributed by atoms with van der Waals surface area (Å²) in [6.07, 6.45) is 9.46. The van der Waals surface area contributed by atoms with E-state index < -0.39 is 0 Å². The van der Waals surface area contributed by atoms with E-state index in [0.717, 1.165) is 6.42 Å².